The highest BCUT2D eigenvalue weighted by molar-refractivity contribution is 7.51. The van der Waals surface area contributed by atoms with Crippen molar-refractivity contribution in [2.75, 3.05) is 39.5 Å². The van der Waals surface area contributed by atoms with Gasteiger partial charge in [0.25, 0.3) is 0 Å². The highest BCUT2D eigenvalue weighted by Crippen LogP contribution is 2.52. The number of aliphatic hydroxyl groups excluding tert-OH is 2. The molecule has 0 radical (unpaired) electrons. The molecule has 2 N–H and O–H groups in total. The van der Waals surface area contributed by atoms with Gasteiger partial charge in [-0.05, 0) is 12.8 Å². The van der Waals surface area contributed by atoms with Gasteiger partial charge in [-0.1, -0.05) is 104 Å². The molecular formula is C24H52NO5P. The molecule has 0 unspecified atom stereocenters. The van der Waals surface area contributed by atoms with Gasteiger partial charge in [0.05, 0.1) is 26.4 Å². The van der Waals surface area contributed by atoms with E-state index in [2.05, 4.69) is 13.8 Å². The first-order valence-electron chi connectivity index (χ1n) is 13.0. The maximum absolute atomic E-state index is 13.4. The van der Waals surface area contributed by atoms with Crippen molar-refractivity contribution in [1.29, 1.82) is 0 Å². The Morgan fingerprint density at radius 3 is 1.23 bits per heavy atom. The molecule has 0 aromatic heterocycles. The lowest BCUT2D eigenvalue weighted by molar-refractivity contribution is 0.129. The van der Waals surface area contributed by atoms with Gasteiger partial charge in [-0.25, -0.2) is 9.24 Å². The van der Waals surface area contributed by atoms with E-state index in [0.29, 0.717) is 13.2 Å². The normalized spacial score (nSPS) is 12.2. The minimum atomic E-state index is -3.49. The molecule has 0 heterocycles. The number of aliphatic hydroxyl groups is 2. The molecule has 31 heavy (non-hydrogen) atoms. The van der Waals surface area contributed by atoms with E-state index in [1.807, 2.05) is 0 Å². The molecule has 0 aliphatic carbocycles. The van der Waals surface area contributed by atoms with Gasteiger partial charge in [0.1, 0.15) is 0 Å². The Morgan fingerprint density at radius 2 is 0.903 bits per heavy atom. The van der Waals surface area contributed by atoms with Crippen LogP contribution >= 0.6 is 7.75 Å². The summed E-state index contributed by atoms with van der Waals surface area (Å²) in [6, 6.07) is 0. The zero-order valence-corrected chi connectivity index (χ0v) is 21.5. The molecule has 0 saturated carbocycles. The molecule has 0 rings (SSSR count). The minimum Gasteiger partial charge on any atom is -0.395 e. The smallest absolute Gasteiger partial charge is 0.395 e. The Hall–Kier alpha value is 0.0300. The summed E-state index contributed by atoms with van der Waals surface area (Å²) >= 11 is 0. The quantitative estimate of drug-likeness (QED) is 0.115. The average Bonchev–Trinajstić information content (AvgIpc) is 2.76. The lowest BCUT2D eigenvalue weighted by Crippen LogP contribution is -2.29. The SMILES string of the molecule is CCCCCCCCCCOP(=O)(OCCCCCCCCCC)N(CCO)CCO. The number of nitrogens with zero attached hydrogens (tertiary/aromatic N) is 1. The molecule has 0 spiro atoms. The fraction of sp³-hybridized carbons (Fsp3) is 1.00. The fourth-order valence-electron chi connectivity index (χ4n) is 3.62. The van der Waals surface area contributed by atoms with Crippen molar-refractivity contribution in [3.63, 3.8) is 0 Å². The van der Waals surface area contributed by atoms with Crippen LogP contribution in [0.4, 0.5) is 0 Å². The van der Waals surface area contributed by atoms with Crippen molar-refractivity contribution in [2.24, 2.45) is 0 Å². The van der Waals surface area contributed by atoms with Crippen molar-refractivity contribution < 1.29 is 23.8 Å². The monoisotopic (exact) mass is 465 g/mol. The lowest BCUT2D eigenvalue weighted by atomic mass is 10.1. The molecule has 0 bridgehead atoms. The molecule has 0 aliphatic heterocycles. The van der Waals surface area contributed by atoms with Crippen LogP contribution in [0.15, 0.2) is 0 Å². The highest BCUT2D eigenvalue weighted by Gasteiger charge is 2.32. The summed E-state index contributed by atoms with van der Waals surface area (Å²) in [4.78, 5) is 0. The molecule has 7 heteroatoms. The van der Waals surface area contributed by atoms with Gasteiger partial charge in [-0.15, -0.1) is 0 Å². The van der Waals surface area contributed by atoms with E-state index in [-0.39, 0.29) is 26.3 Å². The van der Waals surface area contributed by atoms with Crippen molar-refractivity contribution in [3.8, 4) is 0 Å². The molecule has 6 nitrogen and oxygen atoms in total. The first-order valence-corrected chi connectivity index (χ1v) is 14.5. The van der Waals surface area contributed by atoms with Gasteiger partial charge >= 0.3 is 7.75 Å². The van der Waals surface area contributed by atoms with E-state index in [4.69, 9.17) is 9.05 Å². The number of unbranched alkanes of at least 4 members (excludes halogenated alkanes) is 14. The van der Waals surface area contributed by atoms with Crippen molar-refractivity contribution >= 4 is 7.75 Å². The Bertz CT molecular complexity index is 379. The maximum atomic E-state index is 13.4. The van der Waals surface area contributed by atoms with Crippen LogP contribution in [0.1, 0.15) is 117 Å². The molecule has 0 amide bonds. The maximum Gasteiger partial charge on any atom is 0.408 e. The summed E-state index contributed by atoms with van der Waals surface area (Å²) in [5.41, 5.74) is 0. The second kappa shape index (κ2) is 23.2. The van der Waals surface area contributed by atoms with Crippen LogP contribution < -0.4 is 0 Å². The summed E-state index contributed by atoms with van der Waals surface area (Å²) in [7, 11) is -3.49. The summed E-state index contributed by atoms with van der Waals surface area (Å²) < 4.78 is 26.3. The third-order valence-electron chi connectivity index (χ3n) is 5.57. The lowest BCUT2D eigenvalue weighted by Gasteiger charge is -2.29. The summed E-state index contributed by atoms with van der Waals surface area (Å²) in [5.74, 6) is 0. The second-order valence-electron chi connectivity index (χ2n) is 8.49. The molecule has 0 atom stereocenters. The molecule has 0 aromatic carbocycles. The Labute approximate surface area is 192 Å². The Kier molecular flexibility index (Phi) is 23.2. The molecule has 0 saturated heterocycles. The van der Waals surface area contributed by atoms with Crippen LogP contribution in [0.5, 0.6) is 0 Å². The molecule has 0 aromatic rings. The van der Waals surface area contributed by atoms with Gasteiger partial charge < -0.3 is 10.2 Å². The van der Waals surface area contributed by atoms with Crippen LogP contribution in [-0.4, -0.2) is 54.4 Å². The number of hydrogen-bond acceptors (Lipinski definition) is 5. The summed E-state index contributed by atoms with van der Waals surface area (Å²) in [6.45, 7) is 5.28. The van der Waals surface area contributed by atoms with Crippen LogP contribution in [-0.2, 0) is 13.6 Å². The highest BCUT2D eigenvalue weighted by atomic mass is 31.2. The number of rotatable bonds is 25. The second-order valence-corrected chi connectivity index (χ2v) is 10.5. The van der Waals surface area contributed by atoms with Gasteiger partial charge in [-0.3, -0.25) is 9.05 Å². The standard InChI is InChI=1S/C24H52NO5P/c1-3-5-7-9-11-13-15-17-23-29-31(28,25(19-21-26)20-22-27)30-24-18-16-14-12-10-8-6-4-2/h26-27H,3-24H2,1-2H3. The summed E-state index contributed by atoms with van der Waals surface area (Å²) in [6.07, 6.45) is 19.0. The van der Waals surface area contributed by atoms with E-state index in [1.165, 1.54) is 81.7 Å². The van der Waals surface area contributed by atoms with Crippen LogP contribution in [0, 0.1) is 0 Å². The van der Waals surface area contributed by atoms with Gasteiger partial charge in [0, 0.05) is 13.1 Å². The van der Waals surface area contributed by atoms with Gasteiger partial charge in [-0.2, -0.15) is 0 Å². The van der Waals surface area contributed by atoms with Gasteiger partial charge in [0.15, 0.2) is 0 Å². The van der Waals surface area contributed by atoms with E-state index >= 15 is 0 Å². The van der Waals surface area contributed by atoms with E-state index in [0.717, 1.165) is 25.7 Å². The first-order chi connectivity index (χ1) is 15.1. The molecule has 0 fully saturated rings. The van der Waals surface area contributed by atoms with E-state index in [9.17, 15) is 14.8 Å². The van der Waals surface area contributed by atoms with Crippen LogP contribution in [0.2, 0.25) is 0 Å². The first kappa shape index (κ1) is 31.0. The fourth-order valence-corrected chi connectivity index (χ4v) is 5.41. The minimum absolute atomic E-state index is 0.147. The van der Waals surface area contributed by atoms with Crippen LogP contribution in [0.3, 0.4) is 0 Å². The third-order valence-corrected chi connectivity index (χ3v) is 7.68. The van der Waals surface area contributed by atoms with E-state index in [1.54, 1.807) is 0 Å². The largest absolute Gasteiger partial charge is 0.408 e. The number of hydrogen-bond donors (Lipinski definition) is 2. The predicted octanol–water partition coefficient (Wildman–Crippen LogP) is 6.70. The van der Waals surface area contributed by atoms with Gasteiger partial charge in [0.2, 0.25) is 0 Å². The zero-order chi connectivity index (χ0) is 23.0. The summed E-state index contributed by atoms with van der Waals surface area (Å²) in [5, 5.41) is 18.7. The third kappa shape index (κ3) is 18.2. The van der Waals surface area contributed by atoms with Crippen molar-refractivity contribution in [2.45, 2.75) is 117 Å². The molecular weight excluding hydrogens is 413 g/mol. The van der Waals surface area contributed by atoms with Crippen LogP contribution in [0.25, 0.3) is 0 Å². The van der Waals surface area contributed by atoms with Crippen molar-refractivity contribution in [1.82, 2.24) is 4.67 Å². The molecule has 188 valence electrons. The topological polar surface area (TPSA) is 79.2 Å². The average molecular weight is 466 g/mol. The Balaban J connectivity index is 4.24. The van der Waals surface area contributed by atoms with E-state index < -0.39 is 7.75 Å². The predicted molar refractivity (Wildman–Crippen MR) is 130 cm³/mol. The van der Waals surface area contributed by atoms with Crippen molar-refractivity contribution in [3.05, 3.63) is 0 Å². The Morgan fingerprint density at radius 1 is 0.581 bits per heavy atom. The molecule has 0 aliphatic rings. The zero-order valence-electron chi connectivity index (χ0n) is 20.6.